The number of halogens is 3. The highest BCUT2D eigenvalue weighted by atomic mass is 79.9. The van der Waals surface area contributed by atoms with Gasteiger partial charge in [-0.25, -0.2) is 0 Å². The van der Waals surface area contributed by atoms with Crippen LogP contribution in [0.3, 0.4) is 0 Å². The highest BCUT2D eigenvalue weighted by molar-refractivity contribution is 9.10. The zero-order valence-corrected chi connectivity index (χ0v) is 17.6. The molecule has 0 bridgehead atoms. The summed E-state index contributed by atoms with van der Waals surface area (Å²) < 4.78 is 5.96. The summed E-state index contributed by atoms with van der Waals surface area (Å²) in [4.78, 5) is 38.0. The summed E-state index contributed by atoms with van der Waals surface area (Å²) in [6, 6.07) is 11.8. The third-order valence-electron chi connectivity index (χ3n) is 4.09. The van der Waals surface area contributed by atoms with Gasteiger partial charge < -0.3 is 15.0 Å². The summed E-state index contributed by atoms with van der Waals surface area (Å²) in [5.41, 5.74) is 1.11. The van der Waals surface area contributed by atoms with E-state index in [1.54, 1.807) is 12.1 Å². The monoisotopic (exact) mass is 484 g/mol. The van der Waals surface area contributed by atoms with Crippen LogP contribution in [0, 0.1) is 5.92 Å². The molecule has 0 aromatic heterocycles. The van der Waals surface area contributed by atoms with E-state index in [1.807, 2.05) is 12.1 Å². The van der Waals surface area contributed by atoms with Crippen molar-refractivity contribution in [3.63, 3.8) is 0 Å². The van der Waals surface area contributed by atoms with E-state index in [2.05, 4.69) is 21.2 Å². The Kier molecular flexibility index (Phi) is 6.59. The van der Waals surface area contributed by atoms with Crippen molar-refractivity contribution in [1.29, 1.82) is 0 Å². The van der Waals surface area contributed by atoms with Gasteiger partial charge in [0, 0.05) is 38.9 Å². The highest BCUT2D eigenvalue weighted by Gasteiger charge is 2.36. The van der Waals surface area contributed by atoms with E-state index >= 15 is 0 Å². The number of ether oxygens (including phenoxy) is 1. The van der Waals surface area contributed by atoms with Gasteiger partial charge in [0.05, 0.1) is 5.92 Å². The average molecular weight is 486 g/mol. The number of carbonyl (C=O) groups is 3. The minimum absolute atomic E-state index is 0.0421. The molecule has 146 valence electrons. The van der Waals surface area contributed by atoms with Gasteiger partial charge in [-0.15, -0.1) is 0 Å². The van der Waals surface area contributed by atoms with Crippen LogP contribution < -0.4 is 10.2 Å². The summed E-state index contributed by atoms with van der Waals surface area (Å²) >= 11 is 15.1. The molecule has 1 aliphatic rings. The molecule has 2 aromatic rings. The number of esters is 1. The number of carbonyl (C=O) groups excluding carboxylic acids is 3. The maximum atomic E-state index is 12.3. The van der Waals surface area contributed by atoms with Crippen LogP contribution >= 0.6 is 39.1 Å². The Morgan fingerprint density at radius 1 is 1.14 bits per heavy atom. The Labute approximate surface area is 179 Å². The van der Waals surface area contributed by atoms with Crippen molar-refractivity contribution in [2.45, 2.75) is 6.42 Å². The second-order valence-electron chi connectivity index (χ2n) is 6.20. The second-order valence-corrected chi connectivity index (χ2v) is 7.98. The fourth-order valence-corrected chi connectivity index (χ4v) is 3.60. The first-order valence-corrected chi connectivity index (χ1v) is 9.85. The summed E-state index contributed by atoms with van der Waals surface area (Å²) in [7, 11) is 0. The fraction of sp³-hybridized carbons (Fsp3) is 0.211. The van der Waals surface area contributed by atoms with Gasteiger partial charge in [-0.05, 0) is 42.5 Å². The molecular formula is C19H15BrCl2N2O4. The van der Waals surface area contributed by atoms with E-state index in [1.165, 1.54) is 23.1 Å². The lowest BCUT2D eigenvalue weighted by Crippen LogP contribution is -2.28. The van der Waals surface area contributed by atoms with Crippen LogP contribution in [0.15, 0.2) is 46.9 Å². The largest absolute Gasteiger partial charge is 0.455 e. The third kappa shape index (κ3) is 5.25. The molecule has 1 aliphatic heterocycles. The lowest BCUT2D eigenvalue weighted by Gasteiger charge is -2.16. The van der Waals surface area contributed by atoms with Crippen molar-refractivity contribution >= 4 is 68.3 Å². The van der Waals surface area contributed by atoms with Gasteiger partial charge in [0.15, 0.2) is 6.61 Å². The minimum atomic E-state index is -0.621. The van der Waals surface area contributed by atoms with Crippen molar-refractivity contribution in [3.8, 4) is 0 Å². The number of hydrogen-bond acceptors (Lipinski definition) is 4. The van der Waals surface area contributed by atoms with E-state index in [4.69, 9.17) is 27.9 Å². The van der Waals surface area contributed by atoms with Crippen molar-refractivity contribution in [1.82, 2.24) is 0 Å². The quantitative estimate of drug-likeness (QED) is 0.641. The average Bonchev–Trinajstić information content (AvgIpc) is 3.01. The molecule has 1 fully saturated rings. The molecule has 3 rings (SSSR count). The van der Waals surface area contributed by atoms with Crippen molar-refractivity contribution in [2.24, 2.45) is 5.92 Å². The standard InChI is InChI=1S/C19H15BrCl2N2O4/c20-12-1-3-16(4-2-12)24-9-11(5-18(24)26)19(27)28-10-17(25)23-15-7-13(21)6-14(22)8-15/h1-4,6-8,11H,5,9-10H2,(H,23,25)/t11-/m1/s1. The minimum Gasteiger partial charge on any atom is -0.455 e. The van der Waals surface area contributed by atoms with Crippen LogP contribution in [-0.2, 0) is 19.1 Å². The molecule has 0 unspecified atom stereocenters. The van der Waals surface area contributed by atoms with Crippen LogP contribution in [-0.4, -0.2) is 30.9 Å². The van der Waals surface area contributed by atoms with Gasteiger partial charge in [-0.2, -0.15) is 0 Å². The number of nitrogens with one attached hydrogen (secondary N) is 1. The Hall–Kier alpha value is -2.09. The van der Waals surface area contributed by atoms with E-state index < -0.39 is 24.4 Å². The lowest BCUT2D eigenvalue weighted by atomic mass is 10.1. The predicted octanol–water partition coefficient (Wildman–Crippen LogP) is 4.29. The smallest absolute Gasteiger partial charge is 0.311 e. The van der Waals surface area contributed by atoms with Crippen LogP contribution in [0.25, 0.3) is 0 Å². The molecule has 1 saturated heterocycles. The number of hydrogen-bond donors (Lipinski definition) is 1. The summed E-state index contributed by atoms with van der Waals surface area (Å²) in [6.45, 7) is -0.253. The van der Waals surface area contributed by atoms with Crippen LogP contribution in [0.5, 0.6) is 0 Å². The van der Waals surface area contributed by atoms with Gasteiger partial charge in [0.1, 0.15) is 0 Å². The SMILES string of the molecule is O=C(COC(=O)[C@@H]1CC(=O)N(c2ccc(Br)cc2)C1)Nc1cc(Cl)cc(Cl)c1. The van der Waals surface area contributed by atoms with Crippen LogP contribution in [0.4, 0.5) is 11.4 Å². The van der Waals surface area contributed by atoms with Crippen molar-refractivity contribution in [3.05, 3.63) is 57.0 Å². The number of nitrogens with zero attached hydrogens (tertiary/aromatic N) is 1. The zero-order valence-electron chi connectivity index (χ0n) is 14.5. The molecule has 1 atom stereocenters. The Balaban J connectivity index is 1.53. The zero-order chi connectivity index (χ0) is 20.3. The Bertz CT molecular complexity index is 900. The van der Waals surface area contributed by atoms with Gasteiger partial charge >= 0.3 is 5.97 Å². The molecule has 1 heterocycles. The molecule has 28 heavy (non-hydrogen) atoms. The van der Waals surface area contributed by atoms with Crippen molar-refractivity contribution < 1.29 is 19.1 Å². The Morgan fingerprint density at radius 2 is 1.79 bits per heavy atom. The van der Waals surface area contributed by atoms with Gasteiger partial charge in [-0.3, -0.25) is 14.4 Å². The highest BCUT2D eigenvalue weighted by Crippen LogP contribution is 2.27. The molecule has 2 amide bonds. The summed E-state index contributed by atoms with van der Waals surface area (Å²) in [6.07, 6.45) is 0.0421. The second kappa shape index (κ2) is 8.94. The Morgan fingerprint density at radius 3 is 2.43 bits per heavy atom. The predicted molar refractivity (Wildman–Crippen MR) is 111 cm³/mol. The van der Waals surface area contributed by atoms with Gasteiger partial charge in [0.25, 0.3) is 5.91 Å². The molecule has 0 spiro atoms. The van der Waals surface area contributed by atoms with E-state index in [0.29, 0.717) is 21.4 Å². The van der Waals surface area contributed by atoms with E-state index in [9.17, 15) is 14.4 Å². The number of benzene rings is 2. The van der Waals surface area contributed by atoms with Gasteiger partial charge in [0.2, 0.25) is 5.91 Å². The van der Waals surface area contributed by atoms with Crippen molar-refractivity contribution in [2.75, 3.05) is 23.4 Å². The van der Waals surface area contributed by atoms with Gasteiger partial charge in [-0.1, -0.05) is 39.1 Å². The first-order chi connectivity index (χ1) is 13.3. The van der Waals surface area contributed by atoms with Crippen LogP contribution in [0.2, 0.25) is 10.0 Å². The van der Waals surface area contributed by atoms with E-state index in [0.717, 1.165) is 4.47 Å². The summed E-state index contributed by atoms with van der Waals surface area (Å²) in [5, 5.41) is 3.30. The number of anilines is 2. The molecule has 9 heteroatoms. The molecule has 1 N–H and O–H groups in total. The first kappa shape index (κ1) is 20.6. The maximum Gasteiger partial charge on any atom is 0.311 e. The fourth-order valence-electron chi connectivity index (χ4n) is 2.81. The normalized spacial score (nSPS) is 16.2. The third-order valence-corrected chi connectivity index (χ3v) is 5.05. The first-order valence-electron chi connectivity index (χ1n) is 8.30. The molecule has 2 aromatic carbocycles. The number of amides is 2. The molecule has 0 saturated carbocycles. The topological polar surface area (TPSA) is 75.7 Å². The maximum absolute atomic E-state index is 12.3. The molecular weight excluding hydrogens is 471 g/mol. The lowest BCUT2D eigenvalue weighted by molar-refractivity contribution is -0.151. The van der Waals surface area contributed by atoms with E-state index in [-0.39, 0.29) is 18.9 Å². The van der Waals surface area contributed by atoms with Crippen LogP contribution in [0.1, 0.15) is 6.42 Å². The molecule has 6 nitrogen and oxygen atoms in total. The molecule has 0 aliphatic carbocycles. The summed E-state index contributed by atoms with van der Waals surface area (Å²) in [5.74, 6) is -1.90. The number of rotatable bonds is 5. The molecule has 0 radical (unpaired) electrons.